The molecule has 1 N–H and O–H groups in total. The number of nitriles is 1. The molecule has 0 atom stereocenters. The lowest BCUT2D eigenvalue weighted by Gasteiger charge is -2.03. The van der Waals surface area contributed by atoms with Crippen molar-refractivity contribution in [3.63, 3.8) is 0 Å². The van der Waals surface area contributed by atoms with Gasteiger partial charge in [0.05, 0.1) is 12.8 Å². The third-order valence-electron chi connectivity index (χ3n) is 3.02. The number of hydrogen-bond donors (Lipinski definition) is 1. The van der Waals surface area contributed by atoms with Gasteiger partial charge in [-0.3, -0.25) is 10.2 Å². The van der Waals surface area contributed by atoms with E-state index in [2.05, 4.69) is 10.5 Å². The number of carbonyl (C=O) groups is 1. The molecule has 5 nitrogen and oxygen atoms in total. The van der Waals surface area contributed by atoms with Gasteiger partial charge in [-0.1, -0.05) is 17.7 Å². The molecule has 2 aromatic rings. The lowest BCUT2D eigenvalue weighted by atomic mass is 10.1. The number of nitrogens with one attached hydrogen (secondary N) is 1. The molecule has 0 aliphatic rings. The van der Waals surface area contributed by atoms with Gasteiger partial charge >= 0.3 is 0 Å². The van der Waals surface area contributed by atoms with Crippen LogP contribution in [0.25, 0.3) is 0 Å². The van der Waals surface area contributed by atoms with Gasteiger partial charge in [0.2, 0.25) is 11.5 Å². The Labute approximate surface area is 128 Å². The van der Waals surface area contributed by atoms with Crippen LogP contribution < -0.4 is 10.2 Å². The molecule has 2 aromatic carbocycles. The first-order valence-electron chi connectivity index (χ1n) is 6.63. The third kappa shape index (κ3) is 3.70. The van der Waals surface area contributed by atoms with E-state index in [4.69, 9.17) is 10.00 Å². The zero-order chi connectivity index (χ0) is 15.9. The summed E-state index contributed by atoms with van der Waals surface area (Å²) < 4.78 is 5.03. The molecule has 0 aliphatic heterocycles. The zero-order valence-corrected chi connectivity index (χ0v) is 12.3. The number of hydrogen-bond acceptors (Lipinski definition) is 5. The molecular formula is C17H15N3O2. The van der Waals surface area contributed by atoms with Crippen molar-refractivity contribution in [1.29, 1.82) is 5.26 Å². The van der Waals surface area contributed by atoms with E-state index in [9.17, 15) is 4.79 Å². The second-order valence-corrected chi connectivity index (χ2v) is 4.61. The molecule has 2 rings (SSSR count). The predicted octanol–water partition coefficient (Wildman–Crippen LogP) is 3.18. The van der Waals surface area contributed by atoms with E-state index >= 15 is 0 Å². The van der Waals surface area contributed by atoms with Crippen LogP contribution in [0.5, 0.6) is 5.75 Å². The molecular weight excluding hydrogens is 278 g/mol. The van der Waals surface area contributed by atoms with Crippen molar-refractivity contribution in [3.05, 3.63) is 59.7 Å². The summed E-state index contributed by atoms with van der Waals surface area (Å²) in [6, 6.07) is 15.8. The monoisotopic (exact) mass is 293 g/mol. The number of hydrazone groups is 1. The number of ketones is 1. The van der Waals surface area contributed by atoms with Crippen LogP contribution in [0.1, 0.15) is 15.9 Å². The third-order valence-corrected chi connectivity index (χ3v) is 3.02. The normalized spacial score (nSPS) is 10.7. The zero-order valence-electron chi connectivity index (χ0n) is 12.3. The van der Waals surface area contributed by atoms with E-state index in [1.54, 1.807) is 31.4 Å². The van der Waals surface area contributed by atoms with Gasteiger partial charge in [0, 0.05) is 5.56 Å². The largest absolute Gasteiger partial charge is 0.497 e. The second kappa shape index (κ2) is 7.04. The van der Waals surface area contributed by atoms with Gasteiger partial charge in [-0.05, 0) is 43.3 Å². The van der Waals surface area contributed by atoms with Crippen molar-refractivity contribution in [2.75, 3.05) is 12.5 Å². The number of Topliss-reactive ketones (excluding diaryl/α,β-unsaturated/α-hetero) is 1. The average Bonchev–Trinajstić information content (AvgIpc) is 2.57. The highest BCUT2D eigenvalue weighted by Crippen LogP contribution is 2.13. The molecule has 5 heteroatoms. The Bertz CT molecular complexity index is 726. The average molecular weight is 293 g/mol. The van der Waals surface area contributed by atoms with Crippen molar-refractivity contribution in [2.24, 2.45) is 5.10 Å². The molecule has 0 fully saturated rings. The van der Waals surface area contributed by atoms with Crippen molar-refractivity contribution < 1.29 is 9.53 Å². The van der Waals surface area contributed by atoms with E-state index in [-0.39, 0.29) is 5.71 Å². The molecule has 0 amide bonds. The Kier molecular flexibility index (Phi) is 4.89. The van der Waals surface area contributed by atoms with Crippen LogP contribution in [0.4, 0.5) is 5.69 Å². The van der Waals surface area contributed by atoms with Crippen LogP contribution in [0.2, 0.25) is 0 Å². The van der Waals surface area contributed by atoms with Gasteiger partial charge in [-0.25, -0.2) is 0 Å². The number of ether oxygens (including phenoxy) is 1. The highest BCUT2D eigenvalue weighted by molar-refractivity contribution is 6.51. The van der Waals surface area contributed by atoms with Gasteiger partial charge in [0.1, 0.15) is 11.8 Å². The number of benzene rings is 2. The minimum Gasteiger partial charge on any atom is -0.497 e. The first kappa shape index (κ1) is 15.3. The Morgan fingerprint density at radius 2 is 1.77 bits per heavy atom. The minimum atomic E-state index is -0.440. The molecule has 0 heterocycles. The fraction of sp³-hybridized carbons (Fsp3) is 0.118. The summed E-state index contributed by atoms with van der Waals surface area (Å²) in [5.74, 6) is 0.203. The van der Waals surface area contributed by atoms with Crippen LogP contribution in [0.15, 0.2) is 53.6 Å². The van der Waals surface area contributed by atoms with Crippen molar-refractivity contribution >= 4 is 17.2 Å². The van der Waals surface area contributed by atoms with Gasteiger partial charge in [0.15, 0.2) is 0 Å². The van der Waals surface area contributed by atoms with Gasteiger partial charge in [-0.2, -0.15) is 10.4 Å². The van der Waals surface area contributed by atoms with Crippen LogP contribution in [0, 0.1) is 18.3 Å². The molecule has 0 aliphatic carbocycles. The molecule has 0 bridgehead atoms. The van der Waals surface area contributed by atoms with E-state index in [0.29, 0.717) is 17.0 Å². The maximum atomic E-state index is 12.2. The number of rotatable bonds is 5. The quantitative estimate of drug-likeness (QED) is 0.522. The van der Waals surface area contributed by atoms with Crippen molar-refractivity contribution in [1.82, 2.24) is 0 Å². The fourth-order valence-corrected chi connectivity index (χ4v) is 1.75. The van der Waals surface area contributed by atoms with E-state index in [1.165, 1.54) is 0 Å². The molecule has 0 saturated heterocycles. The van der Waals surface area contributed by atoms with Crippen molar-refractivity contribution in [2.45, 2.75) is 6.92 Å². The Balaban J connectivity index is 2.15. The lowest BCUT2D eigenvalue weighted by Crippen LogP contribution is -2.14. The summed E-state index contributed by atoms with van der Waals surface area (Å²) in [5.41, 5.74) is 4.72. The molecule has 22 heavy (non-hydrogen) atoms. The van der Waals surface area contributed by atoms with Crippen LogP contribution >= 0.6 is 0 Å². The summed E-state index contributed by atoms with van der Waals surface area (Å²) in [6.45, 7) is 1.97. The topological polar surface area (TPSA) is 74.5 Å². The van der Waals surface area contributed by atoms with E-state index in [1.807, 2.05) is 37.3 Å². The number of aryl methyl sites for hydroxylation is 1. The number of nitrogens with zero attached hydrogens (tertiary/aromatic N) is 2. The van der Waals surface area contributed by atoms with Gasteiger partial charge < -0.3 is 4.74 Å². The molecule has 110 valence electrons. The Morgan fingerprint density at radius 3 is 2.32 bits per heavy atom. The Morgan fingerprint density at radius 1 is 1.14 bits per heavy atom. The summed E-state index contributed by atoms with van der Waals surface area (Å²) in [4.78, 5) is 12.2. The van der Waals surface area contributed by atoms with E-state index in [0.717, 1.165) is 5.56 Å². The van der Waals surface area contributed by atoms with Crippen LogP contribution in [0.3, 0.4) is 0 Å². The molecule has 0 saturated carbocycles. The maximum absolute atomic E-state index is 12.2. The highest BCUT2D eigenvalue weighted by atomic mass is 16.5. The SMILES string of the molecule is COc1ccc(C(=O)/C(C#N)=N\Nc2ccc(C)cc2)cc1. The number of anilines is 1. The first-order valence-corrected chi connectivity index (χ1v) is 6.63. The van der Waals surface area contributed by atoms with Gasteiger partial charge in [-0.15, -0.1) is 0 Å². The maximum Gasteiger partial charge on any atom is 0.223 e. The smallest absolute Gasteiger partial charge is 0.223 e. The molecule has 0 aromatic heterocycles. The molecule has 0 radical (unpaired) electrons. The predicted molar refractivity (Wildman–Crippen MR) is 85.2 cm³/mol. The summed E-state index contributed by atoms with van der Waals surface area (Å²) in [6.07, 6.45) is 0. The highest BCUT2D eigenvalue weighted by Gasteiger charge is 2.14. The van der Waals surface area contributed by atoms with E-state index < -0.39 is 5.78 Å². The fourth-order valence-electron chi connectivity index (χ4n) is 1.75. The summed E-state index contributed by atoms with van der Waals surface area (Å²) in [5, 5.41) is 13.0. The Hall–Kier alpha value is -3.13. The van der Waals surface area contributed by atoms with Gasteiger partial charge in [0.25, 0.3) is 0 Å². The van der Waals surface area contributed by atoms with Crippen molar-refractivity contribution in [3.8, 4) is 11.8 Å². The first-order chi connectivity index (χ1) is 10.6. The summed E-state index contributed by atoms with van der Waals surface area (Å²) >= 11 is 0. The van der Waals surface area contributed by atoms with Crippen LogP contribution in [-0.4, -0.2) is 18.6 Å². The lowest BCUT2D eigenvalue weighted by molar-refractivity contribution is 0.106. The summed E-state index contributed by atoms with van der Waals surface area (Å²) in [7, 11) is 1.55. The second-order valence-electron chi connectivity index (χ2n) is 4.61. The molecule has 0 unspecified atom stereocenters. The molecule has 0 spiro atoms. The number of carbonyl (C=O) groups excluding carboxylic acids is 1. The minimum absolute atomic E-state index is 0.203. The number of methoxy groups -OCH3 is 1. The van der Waals surface area contributed by atoms with Crippen LogP contribution in [-0.2, 0) is 0 Å². The standard InChI is InChI=1S/C17H15N3O2/c1-12-3-7-14(8-4-12)19-20-16(11-18)17(21)13-5-9-15(22-2)10-6-13/h3-10,19H,1-2H3/b20-16-.